The number of nitrogens with zero attached hydrogens (tertiary/aromatic N) is 1. The second kappa shape index (κ2) is 8.02. The lowest BCUT2D eigenvalue weighted by Gasteiger charge is -2.13. The Bertz CT molecular complexity index is 615. The SMILES string of the molecule is CCOc1cc(C)ccc1NC(=O)NCCc1ccccn1. The summed E-state index contributed by atoms with van der Waals surface area (Å²) in [6.45, 7) is 4.98. The number of pyridine rings is 1. The predicted octanol–water partition coefficient (Wildman–Crippen LogP) is 3.15. The summed E-state index contributed by atoms with van der Waals surface area (Å²) in [7, 11) is 0. The average molecular weight is 299 g/mol. The van der Waals surface area contributed by atoms with Crippen LogP contribution in [0.5, 0.6) is 5.75 Å². The average Bonchev–Trinajstić information content (AvgIpc) is 2.51. The number of aromatic nitrogens is 1. The van der Waals surface area contributed by atoms with Gasteiger partial charge in [-0.3, -0.25) is 4.98 Å². The van der Waals surface area contributed by atoms with Crippen LogP contribution in [-0.4, -0.2) is 24.2 Å². The summed E-state index contributed by atoms with van der Waals surface area (Å²) in [5, 5.41) is 5.63. The monoisotopic (exact) mass is 299 g/mol. The summed E-state index contributed by atoms with van der Waals surface area (Å²) >= 11 is 0. The number of hydrogen-bond donors (Lipinski definition) is 2. The topological polar surface area (TPSA) is 63.2 Å². The minimum atomic E-state index is -0.249. The minimum absolute atomic E-state index is 0.249. The van der Waals surface area contributed by atoms with Crippen LogP contribution in [0.25, 0.3) is 0 Å². The number of amides is 2. The second-order valence-corrected chi connectivity index (χ2v) is 4.88. The fraction of sp³-hybridized carbons (Fsp3) is 0.294. The van der Waals surface area contributed by atoms with E-state index >= 15 is 0 Å². The molecule has 2 N–H and O–H groups in total. The Kier molecular flexibility index (Phi) is 5.77. The van der Waals surface area contributed by atoms with Gasteiger partial charge in [-0.2, -0.15) is 0 Å². The standard InChI is InChI=1S/C17H21N3O2/c1-3-22-16-12-13(2)7-8-15(16)20-17(21)19-11-9-14-6-4-5-10-18-14/h4-8,10,12H,3,9,11H2,1-2H3,(H2,19,20,21). The smallest absolute Gasteiger partial charge is 0.319 e. The first kappa shape index (κ1) is 15.8. The third-order valence-corrected chi connectivity index (χ3v) is 3.08. The number of ether oxygens (including phenoxy) is 1. The molecule has 2 amide bonds. The van der Waals surface area contributed by atoms with Gasteiger partial charge in [-0.15, -0.1) is 0 Å². The van der Waals surface area contributed by atoms with Gasteiger partial charge in [-0.25, -0.2) is 4.79 Å². The molecule has 1 aromatic heterocycles. The number of aryl methyl sites for hydroxylation is 1. The van der Waals surface area contributed by atoms with Crippen LogP contribution in [0.2, 0.25) is 0 Å². The summed E-state index contributed by atoms with van der Waals surface area (Å²) in [5.41, 5.74) is 2.71. The molecule has 0 aliphatic carbocycles. The minimum Gasteiger partial charge on any atom is -0.492 e. The molecule has 0 bridgehead atoms. The lowest BCUT2D eigenvalue weighted by Crippen LogP contribution is -2.30. The van der Waals surface area contributed by atoms with E-state index in [0.717, 1.165) is 11.3 Å². The first-order valence-electron chi connectivity index (χ1n) is 7.37. The fourth-order valence-corrected chi connectivity index (χ4v) is 2.02. The fourth-order valence-electron chi connectivity index (χ4n) is 2.02. The number of carbonyl (C=O) groups is 1. The highest BCUT2D eigenvalue weighted by Gasteiger charge is 2.07. The highest BCUT2D eigenvalue weighted by Crippen LogP contribution is 2.25. The van der Waals surface area contributed by atoms with E-state index < -0.39 is 0 Å². The maximum absolute atomic E-state index is 11.9. The van der Waals surface area contributed by atoms with E-state index in [1.54, 1.807) is 6.20 Å². The molecule has 0 saturated heterocycles. The Morgan fingerprint density at radius 2 is 2.14 bits per heavy atom. The van der Waals surface area contributed by atoms with Gasteiger partial charge in [0.25, 0.3) is 0 Å². The van der Waals surface area contributed by atoms with E-state index in [-0.39, 0.29) is 6.03 Å². The van der Waals surface area contributed by atoms with Crippen LogP contribution in [0.4, 0.5) is 10.5 Å². The van der Waals surface area contributed by atoms with Crippen LogP contribution in [0.1, 0.15) is 18.2 Å². The zero-order chi connectivity index (χ0) is 15.8. The van der Waals surface area contributed by atoms with E-state index in [1.165, 1.54) is 0 Å². The number of anilines is 1. The summed E-state index contributed by atoms with van der Waals surface area (Å²) in [6, 6.07) is 11.2. The van der Waals surface area contributed by atoms with Crippen LogP contribution < -0.4 is 15.4 Å². The normalized spacial score (nSPS) is 10.1. The quantitative estimate of drug-likeness (QED) is 0.861. The Morgan fingerprint density at radius 3 is 2.86 bits per heavy atom. The van der Waals surface area contributed by atoms with Gasteiger partial charge in [0.2, 0.25) is 0 Å². The van der Waals surface area contributed by atoms with E-state index in [1.807, 2.05) is 50.2 Å². The molecule has 2 aromatic rings. The van der Waals surface area contributed by atoms with Crippen LogP contribution in [0, 0.1) is 6.92 Å². The van der Waals surface area contributed by atoms with Gasteiger partial charge in [0, 0.05) is 24.9 Å². The molecule has 0 aliphatic rings. The predicted molar refractivity (Wildman–Crippen MR) is 87.3 cm³/mol. The number of carbonyl (C=O) groups excluding carboxylic acids is 1. The number of rotatable bonds is 6. The van der Waals surface area contributed by atoms with Gasteiger partial charge in [0.15, 0.2) is 0 Å². The Morgan fingerprint density at radius 1 is 1.27 bits per heavy atom. The maximum atomic E-state index is 11.9. The van der Waals surface area contributed by atoms with E-state index in [0.29, 0.717) is 31.0 Å². The highest BCUT2D eigenvalue weighted by atomic mass is 16.5. The molecule has 0 atom stereocenters. The van der Waals surface area contributed by atoms with Crippen molar-refractivity contribution in [1.29, 1.82) is 0 Å². The Labute approximate surface area is 130 Å². The van der Waals surface area contributed by atoms with E-state index in [9.17, 15) is 4.79 Å². The van der Waals surface area contributed by atoms with Crippen molar-refractivity contribution in [3.8, 4) is 5.75 Å². The molecule has 5 nitrogen and oxygen atoms in total. The van der Waals surface area contributed by atoms with Crippen molar-refractivity contribution in [2.24, 2.45) is 0 Å². The summed E-state index contributed by atoms with van der Waals surface area (Å²) in [5.74, 6) is 0.683. The molecule has 1 aromatic carbocycles. The molecule has 0 unspecified atom stereocenters. The van der Waals surface area contributed by atoms with Gasteiger partial charge in [-0.05, 0) is 43.7 Å². The largest absolute Gasteiger partial charge is 0.492 e. The molecule has 2 rings (SSSR count). The third kappa shape index (κ3) is 4.77. The number of urea groups is 1. The molecule has 5 heteroatoms. The van der Waals surface area contributed by atoms with Crippen LogP contribution in [0.15, 0.2) is 42.6 Å². The highest BCUT2D eigenvalue weighted by molar-refractivity contribution is 5.90. The second-order valence-electron chi connectivity index (χ2n) is 4.88. The summed E-state index contributed by atoms with van der Waals surface area (Å²) < 4.78 is 5.54. The molecular weight excluding hydrogens is 278 g/mol. The molecule has 1 heterocycles. The molecule has 116 valence electrons. The third-order valence-electron chi connectivity index (χ3n) is 3.08. The lowest BCUT2D eigenvalue weighted by molar-refractivity contribution is 0.252. The molecule has 0 saturated carbocycles. The van der Waals surface area contributed by atoms with Crippen LogP contribution >= 0.6 is 0 Å². The molecule has 0 fully saturated rings. The molecule has 0 spiro atoms. The number of nitrogens with one attached hydrogen (secondary N) is 2. The van der Waals surface area contributed by atoms with Crippen molar-refractivity contribution in [2.75, 3.05) is 18.5 Å². The summed E-state index contributed by atoms with van der Waals surface area (Å²) in [6.07, 6.45) is 2.44. The van der Waals surface area contributed by atoms with Crippen LogP contribution in [-0.2, 0) is 6.42 Å². The van der Waals surface area contributed by atoms with Crippen molar-refractivity contribution >= 4 is 11.7 Å². The number of hydrogen-bond acceptors (Lipinski definition) is 3. The van der Waals surface area contributed by atoms with Gasteiger partial charge < -0.3 is 15.4 Å². The van der Waals surface area contributed by atoms with E-state index in [4.69, 9.17) is 4.74 Å². The van der Waals surface area contributed by atoms with Gasteiger partial charge in [0.1, 0.15) is 5.75 Å². The zero-order valence-corrected chi connectivity index (χ0v) is 12.9. The first-order chi connectivity index (χ1) is 10.7. The molecule has 0 aliphatic heterocycles. The van der Waals surface area contributed by atoms with Gasteiger partial charge >= 0.3 is 6.03 Å². The molecule has 22 heavy (non-hydrogen) atoms. The Balaban J connectivity index is 1.86. The number of benzene rings is 1. The van der Waals surface area contributed by atoms with Crippen molar-refractivity contribution in [3.63, 3.8) is 0 Å². The first-order valence-corrected chi connectivity index (χ1v) is 7.37. The van der Waals surface area contributed by atoms with Crippen molar-refractivity contribution in [1.82, 2.24) is 10.3 Å². The van der Waals surface area contributed by atoms with Crippen LogP contribution in [0.3, 0.4) is 0 Å². The van der Waals surface area contributed by atoms with Gasteiger partial charge in [-0.1, -0.05) is 12.1 Å². The van der Waals surface area contributed by atoms with E-state index in [2.05, 4.69) is 15.6 Å². The lowest BCUT2D eigenvalue weighted by atomic mass is 10.2. The Hall–Kier alpha value is -2.56. The molecular formula is C17H21N3O2. The maximum Gasteiger partial charge on any atom is 0.319 e. The zero-order valence-electron chi connectivity index (χ0n) is 12.9. The summed E-state index contributed by atoms with van der Waals surface area (Å²) in [4.78, 5) is 16.2. The van der Waals surface area contributed by atoms with Crippen molar-refractivity contribution < 1.29 is 9.53 Å². The molecule has 0 radical (unpaired) electrons. The van der Waals surface area contributed by atoms with Crippen molar-refractivity contribution in [2.45, 2.75) is 20.3 Å². The van der Waals surface area contributed by atoms with Crippen molar-refractivity contribution in [3.05, 3.63) is 53.9 Å². The van der Waals surface area contributed by atoms with Gasteiger partial charge in [0.05, 0.1) is 12.3 Å².